The number of rotatable bonds is 2. The minimum Gasteiger partial charge on any atom is -0.302 e. The average molecular weight is 152 g/mol. The number of imidazole rings is 1. The van der Waals surface area contributed by atoms with Crippen LogP contribution in [0.1, 0.15) is 6.92 Å². The minimum absolute atomic E-state index is 0.0306. The van der Waals surface area contributed by atoms with Crippen molar-refractivity contribution in [2.75, 3.05) is 0 Å². The van der Waals surface area contributed by atoms with Gasteiger partial charge in [-0.25, -0.2) is 4.79 Å². The molecule has 1 aromatic heterocycles. The first-order valence-electron chi connectivity index (χ1n) is 3.58. The lowest BCUT2D eigenvalue weighted by atomic mass is 10.5. The van der Waals surface area contributed by atoms with E-state index in [0.717, 1.165) is 0 Å². The first kappa shape index (κ1) is 7.85. The summed E-state index contributed by atoms with van der Waals surface area (Å²) in [6, 6.07) is 0. The van der Waals surface area contributed by atoms with Gasteiger partial charge in [0.25, 0.3) is 0 Å². The maximum atomic E-state index is 11.2. The molecule has 0 aliphatic heterocycles. The Morgan fingerprint density at radius 1 is 1.55 bits per heavy atom. The van der Waals surface area contributed by atoms with Crippen LogP contribution in [-0.4, -0.2) is 9.13 Å². The molecule has 0 saturated heterocycles. The van der Waals surface area contributed by atoms with Crippen LogP contribution in [-0.2, 0) is 13.6 Å². The second-order valence-corrected chi connectivity index (χ2v) is 2.41. The summed E-state index contributed by atoms with van der Waals surface area (Å²) < 4.78 is 3.21. The molecule has 60 valence electrons. The van der Waals surface area contributed by atoms with Gasteiger partial charge >= 0.3 is 5.69 Å². The van der Waals surface area contributed by atoms with Crippen molar-refractivity contribution in [3.63, 3.8) is 0 Å². The van der Waals surface area contributed by atoms with Crippen LogP contribution in [0.25, 0.3) is 0 Å². The summed E-state index contributed by atoms with van der Waals surface area (Å²) in [6.07, 6.45) is 7.41. The highest BCUT2D eigenvalue weighted by Gasteiger charge is 1.94. The Labute approximate surface area is 65.6 Å². The number of aromatic nitrogens is 2. The van der Waals surface area contributed by atoms with E-state index in [-0.39, 0.29) is 5.69 Å². The van der Waals surface area contributed by atoms with Crippen LogP contribution in [0.3, 0.4) is 0 Å². The average Bonchev–Trinajstić information content (AvgIpc) is 2.31. The zero-order valence-corrected chi connectivity index (χ0v) is 6.82. The molecule has 0 atom stereocenters. The highest BCUT2D eigenvalue weighted by molar-refractivity contribution is 4.85. The first-order valence-corrected chi connectivity index (χ1v) is 3.58. The quantitative estimate of drug-likeness (QED) is 0.575. The lowest BCUT2D eigenvalue weighted by molar-refractivity contribution is 0.730. The fraction of sp³-hybridized carbons (Fsp3) is 0.375. The number of aryl methyl sites for hydroxylation is 1. The van der Waals surface area contributed by atoms with Crippen LogP contribution < -0.4 is 5.69 Å². The van der Waals surface area contributed by atoms with Gasteiger partial charge in [0.15, 0.2) is 0 Å². The van der Waals surface area contributed by atoms with Gasteiger partial charge in [0.1, 0.15) is 0 Å². The van der Waals surface area contributed by atoms with Gasteiger partial charge in [-0.05, 0) is 6.92 Å². The van der Waals surface area contributed by atoms with Crippen molar-refractivity contribution >= 4 is 0 Å². The fourth-order valence-electron chi connectivity index (χ4n) is 0.869. The Bertz CT molecular complexity index is 306. The molecule has 0 aliphatic carbocycles. The van der Waals surface area contributed by atoms with Gasteiger partial charge in [-0.1, -0.05) is 12.2 Å². The molecule has 0 aliphatic rings. The molecule has 0 aromatic carbocycles. The van der Waals surface area contributed by atoms with Crippen molar-refractivity contribution in [1.29, 1.82) is 0 Å². The van der Waals surface area contributed by atoms with Crippen molar-refractivity contribution < 1.29 is 0 Å². The monoisotopic (exact) mass is 152 g/mol. The Kier molecular flexibility index (Phi) is 2.31. The standard InChI is InChI=1S/C8H12N2O/c1-3-4-5-10-7-6-9(2)8(10)11/h3-4,6-7H,5H2,1-2H3/b4-3+. The normalized spacial score (nSPS) is 11.1. The third-order valence-electron chi connectivity index (χ3n) is 1.56. The lowest BCUT2D eigenvalue weighted by Crippen LogP contribution is -2.21. The predicted octanol–water partition coefficient (Wildman–Crippen LogP) is 0.763. The summed E-state index contributed by atoms with van der Waals surface area (Å²) in [6.45, 7) is 2.60. The van der Waals surface area contributed by atoms with Crippen LogP contribution in [0.4, 0.5) is 0 Å². The van der Waals surface area contributed by atoms with E-state index < -0.39 is 0 Å². The van der Waals surface area contributed by atoms with Gasteiger partial charge in [0, 0.05) is 26.0 Å². The van der Waals surface area contributed by atoms with Crippen LogP contribution in [0.5, 0.6) is 0 Å². The molecular weight excluding hydrogens is 140 g/mol. The van der Waals surface area contributed by atoms with Crippen molar-refractivity contribution in [3.8, 4) is 0 Å². The molecular formula is C8H12N2O. The van der Waals surface area contributed by atoms with Gasteiger partial charge in [0.2, 0.25) is 0 Å². The second kappa shape index (κ2) is 3.23. The number of hydrogen-bond acceptors (Lipinski definition) is 1. The Morgan fingerprint density at radius 3 is 2.73 bits per heavy atom. The van der Waals surface area contributed by atoms with Crippen LogP contribution >= 0.6 is 0 Å². The van der Waals surface area contributed by atoms with E-state index in [2.05, 4.69) is 0 Å². The topological polar surface area (TPSA) is 26.9 Å². The zero-order chi connectivity index (χ0) is 8.27. The lowest BCUT2D eigenvalue weighted by Gasteiger charge is -1.92. The molecule has 3 nitrogen and oxygen atoms in total. The smallest absolute Gasteiger partial charge is 0.302 e. The van der Waals surface area contributed by atoms with Gasteiger partial charge in [-0.15, -0.1) is 0 Å². The second-order valence-electron chi connectivity index (χ2n) is 2.41. The summed E-state index contributed by atoms with van der Waals surface area (Å²) in [5.41, 5.74) is 0.0306. The molecule has 0 fully saturated rings. The maximum Gasteiger partial charge on any atom is 0.328 e. The van der Waals surface area contributed by atoms with Gasteiger partial charge in [0.05, 0.1) is 0 Å². The first-order chi connectivity index (χ1) is 5.25. The third kappa shape index (κ3) is 1.61. The van der Waals surface area contributed by atoms with E-state index in [0.29, 0.717) is 6.54 Å². The van der Waals surface area contributed by atoms with Crippen molar-refractivity contribution in [2.45, 2.75) is 13.5 Å². The highest BCUT2D eigenvalue weighted by Crippen LogP contribution is 1.83. The summed E-state index contributed by atoms with van der Waals surface area (Å²) in [4.78, 5) is 11.2. The molecule has 1 heterocycles. The SMILES string of the molecule is C/C=C/Cn1ccn(C)c1=O. The van der Waals surface area contributed by atoms with E-state index >= 15 is 0 Å². The van der Waals surface area contributed by atoms with Crippen molar-refractivity contribution in [2.24, 2.45) is 7.05 Å². The molecule has 0 spiro atoms. The van der Waals surface area contributed by atoms with Crippen LogP contribution in [0.15, 0.2) is 29.3 Å². The third-order valence-corrected chi connectivity index (χ3v) is 1.56. The van der Waals surface area contributed by atoms with Gasteiger partial charge in [-0.2, -0.15) is 0 Å². The van der Waals surface area contributed by atoms with E-state index in [4.69, 9.17) is 0 Å². The Balaban J connectivity index is 2.87. The number of allylic oxidation sites excluding steroid dienone is 2. The van der Waals surface area contributed by atoms with Crippen molar-refractivity contribution in [3.05, 3.63) is 35.0 Å². The molecule has 0 radical (unpaired) electrons. The van der Waals surface area contributed by atoms with E-state index in [1.165, 1.54) is 0 Å². The molecule has 0 unspecified atom stereocenters. The fourth-order valence-corrected chi connectivity index (χ4v) is 0.869. The molecule has 0 N–H and O–H groups in total. The number of hydrogen-bond donors (Lipinski definition) is 0. The zero-order valence-electron chi connectivity index (χ0n) is 6.82. The molecule has 1 aromatic rings. The van der Waals surface area contributed by atoms with Crippen LogP contribution in [0, 0.1) is 0 Å². The molecule has 1 rings (SSSR count). The summed E-state index contributed by atoms with van der Waals surface area (Å²) in [5.74, 6) is 0. The predicted molar refractivity (Wildman–Crippen MR) is 44.5 cm³/mol. The molecule has 0 bridgehead atoms. The van der Waals surface area contributed by atoms with Crippen LogP contribution in [0.2, 0.25) is 0 Å². The van der Waals surface area contributed by atoms with Gasteiger partial charge < -0.3 is 4.57 Å². The van der Waals surface area contributed by atoms with Crippen molar-refractivity contribution in [1.82, 2.24) is 9.13 Å². The van der Waals surface area contributed by atoms with E-state index in [9.17, 15) is 4.79 Å². The van der Waals surface area contributed by atoms with E-state index in [1.54, 1.807) is 28.6 Å². The summed E-state index contributed by atoms with van der Waals surface area (Å²) in [7, 11) is 1.74. The largest absolute Gasteiger partial charge is 0.328 e. The van der Waals surface area contributed by atoms with E-state index in [1.807, 2.05) is 19.1 Å². The minimum atomic E-state index is 0.0306. The molecule has 3 heteroatoms. The number of nitrogens with zero attached hydrogens (tertiary/aromatic N) is 2. The summed E-state index contributed by atoms with van der Waals surface area (Å²) >= 11 is 0. The molecule has 0 saturated carbocycles. The maximum absolute atomic E-state index is 11.2. The van der Waals surface area contributed by atoms with Gasteiger partial charge in [-0.3, -0.25) is 4.57 Å². The molecule has 11 heavy (non-hydrogen) atoms. The Morgan fingerprint density at radius 2 is 2.27 bits per heavy atom. The Hall–Kier alpha value is -1.25. The highest BCUT2D eigenvalue weighted by atomic mass is 16.1. The summed E-state index contributed by atoms with van der Waals surface area (Å²) in [5, 5.41) is 0. The molecule has 0 amide bonds.